The van der Waals surface area contributed by atoms with Gasteiger partial charge in [-0.3, -0.25) is 9.59 Å². The first kappa shape index (κ1) is 17.0. The van der Waals surface area contributed by atoms with Crippen LogP contribution in [0.25, 0.3) is 0 Å². The fourth-order valence-corrected chi connectivity index (χ4v) is 2.36. The fourth-order valence-electron chi connectivity index (χ4n) is 1.95. The van der Waals surface area contributed by atoms with Crippen molar-refractivity contribution in [3.63, 3.8) is 0 Å². The minimum Gasteiger partial charge on any atom is -0.350 e. The van der Waals surface area contributed by atoms with Gasteiger partial charge in [0, 0.05) is 18.3 Å². The minimum atomic E-state index is -0.614. The van der Waals surface area contributed by atoms with E-state index in [1.54, 1.807) is 25.3 Å². The summed E-state index contributed by atoms with van der Waals surface area (Å²) in [6.07, 6.45) is 3.48. The van der Waals surface area contributed by atoms with Crippen molar-refractivity contribution in [2.75, 3.05) is 6.26 Å². The van der Waals surface area contributed by atoms with Crippen LogP contribution < -0.4 is 10.6 Å². The standard InChI is InChI=1S/C17H19N3O2S/c1-12(16(21)19-11-13-6-4-3-5-7-13)20-17(22)14-8-9-18-15(10-14)23-2/h3-10,12H,11H2,1-2H3,(H,19,21)(H,20,22). The molecule has 0 bridgehead atoms. The number of rotatable bonds is 6. The molecular formula is C17H19N3O2S. The van der Waals surface area contributed by atoms with Gasteiger partial charge in [0.05, 0.1) is 5.03 Å². The quantitative estimate of drug-likeness (QED) is 0.797. The molecule has 2 amide bonds. The van der Waals surface area contributed by atoms with Crippen molar-refractivity contribution < 1.29 is 9.59 Å². The van der Waals surface area contributed by atoms with Crippen LogP contribution in [-0.2, 0) is 11.3 Å². The molecule has 120 valence electrons. The second kappa shape index (κ2) is 8.33. The van der Waals surface area contributed by atoms with Crippen molar-refractivity contribution in [1.82, 2.24) is 15.6 Å². The number of hydrogen-bond acceptors (Lipinski definition) is 4. The molecule has 0 fully saturated rings. The van der Waals surface area contributed by atoms with Crippen LogP contribution in [0.2, 0.25) is 0 Å². The van der Waals surface area contributed by atoms with E-state index < -0.39 is 6.04 Å². The van der Waals surface area contributed by atoms with Crippen LogP contribution in [0, 0.1) is 0 Å². The van der Waals surface area contributed by atoms with Crippen LogP contribution in [0.5, 0.6) is 0 Å². The van der Waals surface area contributed by atoms with Gasteiger partial charge in [0.1, 0.15) is 6.04 Å². The molecular weight excluding hydrogens is 310 g/mol. The number of aromatic nitrogens is 1. The van der Waals surface area contributed by atoms with Gasteiger partial charge in [0.2, 0.25) is 5.91 Å². The summed E-state index contributed by atoms with van der Waals surface area (Å²) in [5, 5.41) is 6.27. The highest BCUT2D eigenvalue weighted by atomic mass is 32.2. The molecule has 0 aliphatic rings. The Labute approximate surface area is 139 Å². The lowest BCUT2D eigenvalue weighted by Gasteiger charge is -2.14. The van der Waals surface area contributed by atoms with E-state index in [0.717, 1.165) is 10.6 Å². The Balaban J connectivity index is 1.88. The predicted molar refractivity (Wildman–Crippen MR) is 91.2 cm³/mol. The van der Waals surface area contributed by atoms with E-state index in [1.807, 2.05) is 36.6 Å². The molecule has 6 heteroatoms. The lowest BCUT2D eigenvalue weighted by Crippen LogP contribution is -2.44. The van der Waals surface area contributed by atoms with Gasteiger partial charge in [0.25, 0.3) is 5.91 Å². The lowest BCUT2D eigenvalue weighted by molar-refractivity contribution is -0.122. The monoisotopic (exact) mass is 329 g/mol. The normalized spacial score (nSPS) is 11.6. The molecule has 0 aliphatic heterocycles. The molecule has 0 aliphatic carbocycles. The smallest absolute Gasteiger partial charge is 0.252 e. The number of amides is 2. The molecule has 0 radical (unpaired) electrons. The Kier molecular flexibility index (Phi) is 6.17. The molecule has 0 saturated heterocycles. The summed E-state index contributed by atoms with van der Waals surface area (Å²) < 4.78 is 0. The number of thioether (sulfide) groups is 1. The van der Waals surface area contributed by atoms with Crippen molar-refractivity contribution in [2.45, 2.75) is 24.5 Å². The minimum absolute atomic E-state index is 0.221. The first-order chi connectivity index (χ1) is 11.1. The molecule has 2 N–H and O–H groups in total. The molecule has 0 saturated carbocycles. The van der Waals surface area contributed by atoms with Crippen molar-refractivity contribution in [3.05, 3.63) is 59.8 Å². The summed E-state index contributed by atoms with van der Waals surface area (Å²) in [4.78, 5) is 28.4. The van der Waals surface area contributed by atoms with Crippen LogP contribution in [0.1, 0.15) is 22.8 Å². The summed E-state index contributed by atoms with van der Waals surface area (Å²) in [5.41, 5.74) is 1.50. The maximum Gasteiger partial charge on any atom is 0.252 e. The molecule has 2 rings (SSSR count). The molecule has 1 aromatic heterocycles. The van der Waals surface area contributed by atoms with Gasteiger partial charge in [-0.15, -0.1) is 11.8 Å². The van der Waals surface area contributed by atoms with Crippen molar-refractivity contribution in [1.29, 1.82) is 0 Å². The van der Waals surface area contributed by atoms with Crippen LogP contribution in [0.15, 0.2) is 53.7 Å². The third-order valence-electron chi connectivity index (χ3n) is 3.26. The van der Waals surface area contributed by atoms with E-state index in [-0.39, 0.29) is 11.8 Å². The first-order valence-corrected chi connectivity index (χ1v) is 8.45. The Morgan fingerprint density at radius 3 is 2.65 bits per heavy atom. The van der Waals surface area contributed by atoms with E-state index >= 15 is 0 Å². The average Bonchev–Trinajstić information content (AvgIpc) is 2.60. The topological polar surface area (TPSA) is 71.1 Å². The molecule has 2 aromatic rings. The van der Waals surface area contributed by atoms with Crippen LogP contribution >= 0.6 is 11.8 Å². The highest BCUT2D eigenvalue weighted by Gasteiger charge is 2.16. The maximum atomic E-state index is 12.2. The summed E-state index contributed by atoms with van der Waals surface area (Å²) in [5.74, 6) is -0.508. The zero-order chi connectivity index (χ0) is 16.7. The number of pyridine rings is 1. The third-order valence-corrected chi connectivity index (χ3v) is 3.90. The van der Waals surface area contributed by atoms with E-state index in [2.05, 4.69) is 15.6 Å². The lowest BCUT2D eigenvalue weighted by atomic mass is 10.2. The van der Waals surface area contributed by atoms with Gasteiger partial charge >= 0.3 is 0 Å². The van der Waals surface area contributed by atoms with Crippen LogP contribution in [0.3, 0.4) is 0 Å². The van der Waals surface area contributed by atoms with E-state index in [4.69, 9.17) is 0 Å². The van der Waals surface area contributed by atoms with Crippen molar-refractivity contribution in [2.24, 2.45) is 0 Å². The SMILES string of the molecule is CSc1cc(C(=O)NC(C)C(=O)NCc2ccccc2)ccn1. The first-order valence-electron chi connectivity index (χ1n) is 7.22. The zero-order valence-electron chi connectivity index (χ0n) is 13.1. The highest BCUT2D eigenvalue weighted by Crippen LogP contribution is 2.12. The average molecular weight is 329 g/mol. The van der Waals surface area contributed by atoms with E-state index in [0.29, 0.717) is 12.1 Å². The summed E-state index contributed by atoms with van der Waals surface area (Å²) in [6, 6.07) is 12.3. The van der Waals surface area contributed by atoms with Gasteiger partial charge in [0.15, 0.2) is 0 Å². The molecule has 23 heavy (non-hydrogen) atoms. The maximum absolute atomic E-state index is 12.2. The number of carbonyl (C=O) groups is 2. The number of carbonyl (C=O) groups excluding carboxylic acids is 2. The molecule has 1 heterocycles. The molecule has 1 atom stereocenters. The third kappa shape index (κ3) is 5.10. The van der Waals surface area contributed by atoms with Gasteiger partial charge in [-0.25, -0.2) is 4.98 Å². The van der Waals surface area contributed by atoms with Gasteiger partial charge < -0.3 is 10.6 Å². The molecule has 5 nitrogen and oxygen atoms in total. The van der Waals surface area contributed by atoms with Gasteiger partial charge in [-0.2, -0.15) is 0 Å². The van der Waals surface area contributed by atoms with E-state index in [9.17, 15) is 9.59 Å². The Hall–Kier alpha value is -2.34. The number of nitrogens with one attached hydrogen (secondary N) is 2. The largest absolute Gasteiger partial charge is 0.350 e. The highest BCUT2D eigenvalue weighted by molar-refractivity contribution is 7.98. The Morgan fingerprint density at radius 1 is 1.22 bits per heavy atom. The summed E-state index contributed by atoms with van der Waals surface area (Å²) in [7, 11) is 0. The Morgan fingerprint density at radius 2 is 1.96 bits per heavy atom. The number of nitrogens with zero attached hydrogens (tertiary/aromatic N) is 1. The van der Waals surface area contributed by atoms with Gasteiger partial charge in [-0.05, 0) is 30.9 Å². The summed E-state index contributed by atoms with van der Waals surface area (Å²) in [6.45, 7) is 2.10. The molecule has 1 aromatic carbocycles. The second-order valence-electron chi connectivity index (χ2n) is 4.99. The van der Waals surface area contributed by atoms with Gasteiger partial charge in [-0.1, -0.05) is 30.3 Å². The van der Waals surface area contributed by atoms with Crippen LogP contribution in [0.4, 0.5) is 0 Å². The second-order valence-corrected chi connectivity index (χ2v) is 5.81. The van der Waals surface area contributed by atoms with Crippen LogP contribution in [-0.4, -0.2) is 29.1 Å². The summed E-state index contributed by atoms with van der Waals surface area (Å²) >= 11 is 1.46. The fraction of sp³-hybridized carbons (Fsp3) is 0.235. The van der Waals surface area contributed by atoms with Crippen molar-refractivity contribution >= 4 is 23.6 Å². The molecule has 0 spiro atoms. The number of benzene rings is 1. The predicted octanol–water partition coefficient (Wildman–Crippen LogP) is 2.24. The molecule has 1 unspecified atom stereocenters. The van der Waals surface area contributed by atoms with Crippen molar-refractivity contribution in [3.8, 4) is 0 Å². The van der Waals surface area contributed by atoms with E-state index in [1.165, 1.54) is 11.8 Å². The number of hydrogen-bond donors (Lipinski definition) is 2. The Bertz CT molecular complexity index is 677. The zero-order valence-corrected chi connectivity index (χ0v) is 13.9.